The molecule has 0 radical (unpaired) electrons. The van der Waals surface area contributed by atoms with Crippen molar-refractivity contribution in [1.29, 1.82) is 5.26 Å². The molecule has 4 heteroatoms. The maximum absolute atomic E-state index is 13.3. The first-order chi connectivity index (χ1) is 14.0. The van der Waals surface area contributed by atoms with Gasteiger partial charge in [-0.05, 0) is 73.5 Å². The summed E-state index contributed by atoms with van der Waals surface area (Å²) in [6.45, 7) is 7.48. The van der Waals surface area contributed by atoms with Crippen LogP contribution in [-0.2, 0) is 11.3 Å². The summed E-state index contributed by atoms with van der Waals surface area (Å²) in [7, 11) is 0. The first-order valence-electron chi connectivity index (χ1n) is 12.0. The lowest BCUT2D eigenvalue weighted by Crippen LogP contribution is -2.48. The molecule has 3 aliphatic carbocycles. The number of nitrogens with zero attached hydrogens (tertiary/aromatic N) is 3. The van der Waals surface area contributed by atoms with Crippen LogP contribution in [0.4, 0.5) is 0 Å². The third-order valence-corrected chi connectivity index (χ3v) is 9.13. The van der Waals surface area contributed by atoms with Crippen molar-refractivity contribution < 1.29 is 4.79 Å². The molecule has 0 spiro atoms. The summed E-state index contributed by atoms with van der Waals surface area (Å²) in [5.41, 5.74) is 0.697. The van der Waals surface area contributed by atoms with Crippen LogP contribution in [0.1, 0.15) is 84.1 Å². The minimum Gasteiger partial charge on any atom is -0.297 e. The van der Waals surface area contributed by atoms with E-state index < -0.39 is 0 Å². The van der Waals surface area contributed by atoms with Crippen LogP contribution in [0.15, 0.2) is 12.4 Å². The number of aromatic nitrogens is 2. The molecule has 4 rings (SSSR count). The Balaban J connectivity index is 1.50. The van der Waals surface area contributed by atoms with Crippen LogP contribution in [0.2, 0.25) is 0 Å². The van der Waals surface area contributed by atoms with E-state index in [4.69, 9.17) is 5.26 Å². The van der Waals surface area contributed by atoms with E-state index in [9.17, 15) is 4.79 Å². The summed E-state index contributed by atoms with van der Waals surface area (Å²) < 4.78 is 1.66. The number of ketones is 1. The van der Waals surface area contributed by atoms with E-state index in [2.05, 4.69) is 31.9 Å². The number of fused-ring (bicyclic) bond motifs is 3. The van der Waals surface area contributed by atoms with Crippen molar-refractivity contribution in [3.05, 3.63) is 18.0 Å². The summed E-state index contributed by atoms with van der Waals surface area (Å²) in [6.07, 6.45) is 14.9. The monoisotopic (exact) mass is 395 g/mol. The smallest absolute Gasteiger partial charge is 0.157 e. The molecule has 1 aromatic heterocycles. The Hall–Kier alpha value is -1.63. The predicted octanol–water partition coefficient (Wildman–Crippen LogP) is 5.62. The fourth-order valence-electron chi connectivity index (χ4n) is 7.83. The van der Waals surface area contributed by atoms with Gasteiger partial charge < -0.3 is 0 Å². The Morgan fingerprint density at radius 1 is 1.24 bits per heavy atom. The number of hydrogen-bond acceptors (Lipinski definition) is 3. The standard InChI is InChI=1S/C25H37N3O/c1-4-6-19-18(5-2)7-8-21-20(19)11-12-25(3)22(21)9-10-23(25)24(29)16-28-15-17(13-26)14-27-28/h14-15,18-23H,4-12,16H2,1-3H3/t18-,19-,20?,21+,22?,23+,25-/m0/s1. The van der Waals surface area contributed by atoms with Crippen molar-refractivity contribution in [3.63, 3.8) is 0 Å². The van der Waals surface area contributed by atoms with Crippen LogP contribution in [0.25, 0.3) is 0 Å². The fourth-order valence-corrected chi connectivity index (χ4v) is 7.83. The largest absolute Gasteiger partial charge is 0.297 e. The maximum Gasteiger partial charge on any atom is 0.157 e. The van der Waals surface area contributed by atoms with Crippen molar-refractivity contribution >= 4 is 5.78 Å². The van der Waals surface area contributed by atoms with Gasteiger partial charge in [0.15, 0.2) is 5.78 Å². The molecular weight excluding hydrogens is 358 g/mol. The van der Waals surface area contributed by atoms with E-state index in [1.165, 1.54) is 51.4 Å². The van der Waals surface area contributed by atoms with Gasteiger partial charge in [0.05, 0.1) is 18.3 Å². The van der Waals surface area contributed by atoms with Gasteiger partial charge in [0.25, 0.3) is 0 Å². The van der Waals surface area contributed by atoms with E-state index in [0.29, 0.717) is 17.9 Å². The lowest BCUT2D eigenvalue weighted by Gasteiger charge is -2.54. The molecule has 0 N–H and O–H groups in total. The second-order valence-electron chi connectivity index (χ2n) is 10.3. The van der Waals surface area contributed by atoms with Crippen molar-refractivity contribution in [2.24, 2.45) is 40.9 Å². The van der Waals surface area contributed by atoms with Gasteiger partial charge >= 0.3 is 0 Å². The zero-order chi connectivity index (χ0) is 20.6. The molecule has 0 amide bonds. The molecule has 0 aliphatic heterocycles. The molecule has 0 saturated heterocycles. The van der Waals surface area contributed by atoms with Gasteiger partial charge in [0.2, 0.25) is 0 Å². The molecule has 29 heavy (non-hydrogen) atoms. The highest BCUT2D eigenvalue weighted by atomic mass is 16.1. The zero-order valence-corrected chi connectivity index (χ0v) is 18.4. The highest BCUT2D eigenvalue weighted by Crippen LogP contribution is 2.63. The number of carbonyl (C=O) groups excluding carboxylic acids is 1. The average Bonchev–Trinajstić information content (AvgIpc) is 3.31. The Morgan fingerprint density at radius 2 is 2.07 bits per heavy atom. The highest BCUT2D eigenvalue weighted by molar-refractivity contribution is 5.82. The van der Waals surface area contributed by atoms with E-state index >= 15 is 0 Å². The molecule has 4 nitrogen and oxygen atoms in total. The van der Waals surface area contributed by atoms with Crippen LogP contribution in [-0.4, -0.2) is 15.6 Å². The van der Waals surface area contributed by atoms with Crippen LogP contribution in [0, 0.1) is 52.3 Å². The predicted molar refractivity (Wildman–Crippen MR) is 114 cm³/mol. The molecule has 0 aromatic carbocycles. The number of Topliss-reactive ketones (excluding diaryl/α,β-unsaturated/α-hetero) is 1. The Kier molecular flexibility index (Phi) is 5.87. The van der Waals surface area contributed by atoms with Gasteiger partial charge in [0, 0.05) is 12.1 Å². The third kappa shape index (κ3) is 3.56. The maximum atomic E-state index is 13.3. The summed E-state index contributed by atoms with van der Waals surface area (Å²) in [4.78, 5) is 13.3. The normalized spacial score (nSPS) is 38.8. The van der Waals surface area contributed by atoms with Gasteiger partial charge in [0.1, 0.15) is 6.07 Å². The quantitative estimate of drug-likeness (QED) is 0.628. The van der Waals surface area contributed by atoms with Crippen LogP contribution < -0.4 is 0 Å². The topological polar surface area (TPSA) is 58.7 Å². The van der Waals surface area contributed by atoms with E-state index in [0.717, 1.165) is 36.0 Å². The second-order valence-corrected chi connectivity index (χ2v) is 10.3. The number of carbonyl (C=O) groups is 1. The number of nitriles is 1. The molecule has 1 aromatic rings. The van der Waals surface area contributed by atoms with Gasteiger partial charge in [-0.15, -0.1) is 0 Å². The highest BCUT2D eigenvalue weighted by Gasteiger charge is 2.57. The molecule has 1 heterocycles. The molecule has 3 aliphatic rings. The van der Waals surface area contributed by atoms with Gasteiger partial charge in [-0.3, -0.25) is 9.48 Å². The first kappa shape index (κ1) is 20.6. The third-order valence-electron chi connectivity index (χ3n) is 9.13. The molecule has 3 fully saturated rings. The average molecular weight is 396 g/mol. The molecule has 3 saturated carbocycles. The first-order valence-corrected chi connectivity index (χ1v) is 12.0. The van der Waals surface area contributed by atoms with Gasteiger partial charge in [-0.2, -0.15) is 10.4 Å². The Morgan fingerprint density at radius 3 is 2.76 bits per heavy atom. The molecular formula is C25H37N3O. The lowest BCUT2D eigenvalue weighted by molar-refractivity contribution is -0.130. The molecule has 158 valence electrons. The summed E-state index contributed by atoms with van der Waals surface area (Å²) in [5, 5.41) is 13.2. The Labute approximate surface area is 176 Å². The van der Waals surface area contributed by atoms with Crippen LogP contribution in [0.3, 0.4) is 0 Å². The van der Waals surface area contributed by atoms with Crippen molar-refractivity contribution in [1.82, 2.24) is 9.78 Å². The lowest BCUT2D eigenvalue weighted by atomic mass is 9.50. The molecule has 0 bridgehead atoms. The van der Waals surface area contributed by atoms with Gasteiger partial charge in [-0.25, -0.2) is 0 Å². The fraction of sp³-hybridized carbons (Fsp3) is 0.800. The summed E-state index contributed by atoms with van der Waals surface area (Å²) >= 11 is 0. The Bertz CT molecular complexity index is 777. The molecule has 2 unspecified atom stereocenters. The van der Waals surface area contributed by atoms with Crippen molar-refractivity contribution in [3.8, 4) is 6.07 Å². The van der Waals surface area contributed by atoms with E-state index in [-0.39, 0.29) is 11.3 Å². The van der Waals surface area contributed by atoms with E-state index in [1.807, 2.05) is 0 Å². The van der Waals surface area contributed by atoms with Crippen LogP contribution >= 0.6 is 0 Å². The van der Waals surface area contributed by atoms with Crippen molar-refractivity contribution in [2.45, 2.75) is 85.1 Å². The minimum atomic E-state index is 0.164. The summed E-state index contributed by atoms with van der Waals surface area (Å²) in [5.74, 6) is 4.78. The minimum absolute atomic E-state index is 0.164. The number of rotatable bonds is 6. The summed E-state index contributed by atoms with van der Waals surface area (Å²) in [6, 6.07) is 2.10. The van der Waals surface area contributed by atoms with Gasteiger partial charge in [-0.1, -0.05) is 40.0 Å². The SMILES string of the molecule is CCC[C@@H]1C2CC[C@@]3(C)C(CC[C@@H]3C(=O)Cn3cc(C#N)cn3)[C@@H]2CC[C@@H]1CC. The van der Waals surface area contributed by atoms with E-state index in [1.54, 1.807) is 17.1 Å². The van der Waals surface area contributed by atoms with Crippen LogP contribution in [0.5, 0.6) is 0 Å². The molecule has 7 atom stereocenters. The van der Waals surface area contributed by atoms with Crippen molar-refractivity contribution in [2.75, 3.05) is 0 Å². The second kappa shape index (κ2) is 8.25. The zero-order valence-electron chi connectivity index (χ0n) is 18.4. The number of hydrogen-bond donors (Lipinski definition) is 0.